The molecule has 0 fully saturated rings. The van der Waals surface area contributed by atoms with E-state index in [4.69, 9.17) is 4.74 Å². The zero-order valence-corrected chi connectivity index (χ0v) is 5.14. The molecule has 0 rings (SSSR count). The van der Waals surface area contributed by atoms with Gasteiger partial charge in [0.25, 0.3) is 0 Å². The van der Waals surface area contributed by atoms with E-state index in [1.54, 1.807) is 6.29 Å². The van der Waals surface area contributed by atoms with Crippen LogP contribution in [-0.4, -0.2) is 19.5 Å². The summed E-state index contributed by atoms with van der Waals surface area (Å²) >= 11 is 0. The van der Waals surface area contributed by atoms with Gasteiger partial charge < -0.3 is 4.74 Å². The Hall–Kier alpha value is -0.370. The first-order valence-electron chi connectivity index (χ1n) is 2.84. The molecule has 2 heteroatoms. The average Bonchev–Trinajstić information content (AvgIpc) is 1.81. The molecule has 0 amide bonds. The summed E-state index contributed by atoms with van der Waals surface area (Å²) in [5.74, 6) is 0. The Morgan fingerprint density at radius 3 is 2.75 bits per heavy atom. The summed E-state index contributed by atoms with van der Waals surface area (Å²) in [7, 11) is 0. The predicted octanol–water partition coefficient (Wildman–Crippen LogP) is 0.913. The minimum absolute atomic E-state index is 0.403. The van der Waals surface area contributed by atoms with E-state index in [0.29, 0.717) is 13.0 Å². The van der Waals surface area contributed by atoms with Crippen LogP contribution >= 0.6 is 0 Å². The number of hydrogen-bond acceptors (Lipinski definition) is 2. The minimum atomic E-state index is 0.403. The molecule has 8 heavy (non-hydrogen) atoms. The standard InChI is InChI=1S/C6H11O2/c1-2-5-8-6-3-4-7/h2-3,5-6H2,1H3. The normalized spacial score (nSPS) is 9.12. The van der Waals surface area contributed by atoms with Crippen molar-refractivity contribution in [3.8, 4) is 0 Å². The van der Waals surface area contributed by atoms with Crippen molar-refractivity contribution in [3.63, 3.8) is 0 Å². The molecule has 0 aliphatic carbocycles. The highest BCUT2D eigenvalue weighted by Crippen LogP contribution is 1.80. The fourth-order valence-corrected chi connectivity index (χ4v) is 0.360. The van der Waals surface area contributed by atoms with Crippen molar-refractivity contribution in [1.82, 2.24) is 0 Å². The highest BCUT2D eigenvalue weighted by atomic mass is 16.5. The summed E-state index contributed by atoms with van der Waals surface area (Å²) < 4.78 is 4.96. The van der Waals surface area contributed by atoms with Gasteiger partial charge in [-0.05, 0) is 6.42 Å². The van der Waals surface area contributed by atoms with Gasteiger partial charge in [-0.3, -0.25) is 4.79 Å². The lowest BCUT2D eigenvalue weighted by atomic mass is 10.5. The van der Waals surface area contributed by atoms with E-state index in [9.17, 15) is 4.79 Å². The molecular formula is C6H11O2. The summed E-state index contributed by atoms with van der Waals surface area (Å²) in [4.78, 5) is 9.56. The molecule has 0 aromatic carbocycles. The Morgan fingerprint density at radius 2 is 2.25 bits per heavy atom. The van der Waals surface area contributed by atoms with E-state index in [1.165, 1.54) is 0 Å². The van der Waals surface area contributed by atoms with E-state index in [1.807, 2.05) is 6.92 Å². The second-order valence-electron chi connectivity index (χ2n) is 1.51. The number of carbonyl (C=O) groups excluding carboxylic acids is 1. The third-order valence-corrected chi connectivity index (χ3v) is 0.697. The van der Waals surface area contributed by atoms with Crippen LogP contribution in [0, 0.1) is 0 Å². The zero-order valence-electron chi connectivity index (χ0n) is 5.14. The van der Waals surface area contributed by atoms with Crippen molar-refractivity contribution in [2.75, 3.05) is 13.2 Å². The van der Waals surface area contributed by atoms with Crippen LogP contribution in [0.3, 0.4) is 0 Å². The largest absolute Gasteiger partial charge is 0.381 e. The van der Waals surface area contributed by atoms with E-state index in [2.05, 4.69) is 0 Å². The van der Waals surface area contributed by atoms with Gasteiger partial charge in [0, 0.05) is 13.0 Å². The fourth-order valence-electron chi connectivity index (χ4n) is 0.360. The van der Waals surface area contributed by atoms with Crippen LogP contribution in [0.5, 0.6) is 0 Å². The van der Waals surface area contributed by atoms with Gasteiger partial charge in [0.15, 0.2) is 0 Å². The molecule has 0 spiro atoms. The number of rotatable bonds is 5. The maximum Gasteiger partial charge on any atom is 0.200 e. The van der Waals surface area contributed by atoms with Gasteiger partial charge >= 0.3 is 0 Å². The van der Waals surface area contributed by atoms with E-state index >= 15 is 0 Å². The predicted molar refractivity (Wildman–Crippen MR) is 31.4 cm³/mol. The van der Waals surface area contributed by atoms with Crippen molar-refractivity contribution in [2.45, 2.75) is 19.8 Å². The molecule has 0 aliphatic rings. The van der Waals surface area contributed by atoms with Gasteiger partial charge in [0.05, 0.1) is 6.61 Å². The first-order valence-corrected chi connectivity index (χ1v) is 2.84. The van der Waals surface area contributed by atoms with Crippen LogP contribution in [0.2, 0.25) is 0 Å². The summed E-state index contributed by atoms with van der Waals surface area (Å²) in [5, 5.41) is 0. The SMILES string of the molecule is CCCOCC[C]=O. The Labute approximate surface area is 49.8 Å². The van der Waals surface area contributed by atoms with Gasteiger partial charge in [-0.25, -0.2) is 0 Å². The second kappa shape index (κ2) is 6.63. The molecule has 1 radical (unpaired) electrons. The molecule has 0 saturated carbocycles. The average molecular weight is 115 g/mol. The van der Waals surface area contributed by atoms with E-state index in [0.717, 1.165) is 13.0 Å². The molecule has 47 valence electrons. The smallest absolute Gasteiger partial charge is 0.200 e. The Morgan fingerprint density at radius 1 is 1.50 bits per heavy atom. The lowest BCUT2D eigenvalue weighted by Crippen LogP contribution is -1.95. The van der Waals surface area contributed by atoms with Crippen LogP contribution in [0.1, 0.15) is 19.8 Å². The van der Waals surface area contributed by atoms with Crippen molar-refractivity contribution in [1.29, 1.82) is 0 Å². The van der Waals surface area contributed by atoms with Crippen molar-refractivity contribution in [3.05, 3.63) is 0 Å². The molecule has 0 saturated heterocycles. The molecule has 0 unspecified atom stereocenters. The summed E-state index contributed by atoms with van der Waals surface area (Å²) in [6, 6.07) is 0. The van der Waals surface area contributed by atoms with Crippen molar-refractivity contribution in [2.24, 2.45) is 0 Å². The lowest BCUT2D eigenvalue weighted by Gasteiger charge is -1.94. The summed E-state index contributed by atoms with van der Waals surface area (Å²) in [6.07, 6.45) is 3.17. The van der Waals surface area contributed by atoms with Gasteiger partial charge in [-0.15, -0.1) is 0 Å². The third kappa shape index (κ3) is 5.63. The molecule has 0 aliphatic heterocycles. The Kier molecular flexibility index (Phi) is 6.32. The molecule has 0 atom stereocenters. The maximum absolute atomic E-state index is 9.56. The Bertz CT molecular complexity index is 52.5. The molecule has 2 nitrogen and oxygen atoms in total. The third-order valence-electron chi connectivity index (χ3n) is 0.697. The topological polar surface area (TPSA) is 26.3 Å². The van der Waals surface area contributed by atoms with Crippen LogP contribution < -0.4 is 0 Å². The second-order valence-corrected chi connectivity index (χ2v) is 1.51. The highest BCUT2D eigenvalue weighted by molar-refractivity contribution is 5.50. The first kappa shape index (κ1) is 7.63. The Balaban J connectivity index is 2.62. The highest BCUT2D eigenvalue weighted by Gasteiger charge is 1.82. The van der Waals surface area contributed by atoms with Gasteiger partial charge in [0.1, 0.15) is 0 Å². The van der Waals surface area contributed by atoms with Crippen molar-refractivity contribution >= 4 is 6.29 Å². The molecule has 0 N–H and O–H groups in total. The fraction of sp³-hybridized carbons (Fsp3) is 0.833. The van der Waals surface area contributed by atoms with Crippen LogP contribution in [-0.2, 0) is 9.53 Å². The monoisotopic (exact) mass is 115 g/mol. The van der Waals surface area contributed by atoms with E-state index in [-0.39, 0.29) is 0 Å². The van der Waals surface area contributed by atoms with Gasteiger partial charge in [0.2, 0.25) is 6.29 Å². The first-order chi connectivity index (χ1) is 3.91. The molecule has 0 bridgehead atoms. The maximum atomic E-state index is 9.56. The van der Waals surface area contributed by atoms with Gasteiger partial charge in [-0.1, -0.05) is 6.92 Å². The number of ether oxygens (including phenoxy) is 1. The molecule has 0 aromatic heterocycles. The summed E-state index contributed by atoms with van der Waals surface area (Å²) in [6.45, 7) is 3.31. The van der Waals surface area contributed by atoms with E-state index < -0.39 is 0 Å². The van der Waals surface area contributed by atoms with Crippen LogP contribution in [0.4, 0.5) is 0 Å². The van der Waals surface area contributed by atoms with Crippen LogP contribution in [0.15, 0.2) is 0 Å². The summed E-state index contributed by atoms with van der Waals surface area (Å²) in [5.41, 5.74) is 0. The van der Waals surface area contributed by atoms with Gasteiger partial charge in [-0.2, -0.15) is 0 Å². The van der Waals surface area contributed by atoms with Crippen molar-refractivity contribution < 1.29 is 9.53 Å². The molecule has 0 heterocycles. The van der Waals surface area contributed by atoms with Crippen LogP contribution in [0.25, 0.3) is 0 Å². The zero-order chi connectivity index (χ0) is 6.24. The lowest BCUT2D eigenvalue weighted by molar-refractivity contribution is 0.141. The molecular weight excluding hydrogens is 104 g/mol. The molecule has 0 aromatic rings. The minimum Gasteiger partial charge on any atom is -0.381 e. The quantitative estimate of drug-likeness (QED) is 0.498. The number of hydrogen-bond donors (Lipinski definition) is 0.